The Morgan fingerprint density at radius 3 is 2.72 bits per heavy atom. The number of hydrogen-bond donors (Lipinski definition) is 2. The number of nitriles is 1. The maximum Gasteiger partial charge on any atom is 0.271 e. The summed E-state index contributed by atoms with van der Waals surface area (Å²) in [5.74, 6) is -0.654. The summed E-state index contributed by atoms with van der Waals surface area (Å²) in [5, 5.41) is 25.3. The van der Waals surface area contributed by atoms with Crippen molar-refractivity contribution in [2.45, 2.75) is 6.92 Å². The number of aryl methyl sites for hydroxylation is 1. The highest BCUT2D eigenvalue weighted by atomic mass is 127. The molecule has 0 spiro atoms. The Morgan fingerprint density at radius 1 is 1.32 bits per heavy atom. The van der Waals surface area contributed by atoms with Gasteiger partial charge in [0, 0.05) is 33.3 Å². The number of nitro benzene ring substituents is 1. The molecular weight excluding hydrogens is 435 g/mol. The molecule has 0 aliphatic heterocycles. The van der Waals surface area contributed by atoms with E-state index >= 15 is 0 Å². The van der Waals surface area contributed by atoms with Crippen LogP contribution in [0.2, 0.25) is 0 Å². The fraction of sp³-hybridized carbons (Fsp3) is 0.0588. The zero-order chi connectivity index (χ0) is 18.4. The lowest BCUT2D eigenvalue weighted by Gasteiger charge is -2.07. The van der Waals surface area contributed by atoms with Crippen LogP contribution < -0.4 is 10.6 Å². The average Bonchev–Trinajstić information content (AvgIpc) is 2.57. The number of nitrogens with one attached hydrogen (secondary N) is 2. The van der Waals surface area contributed by atoms with E-state index < -0.39 is 10.8 Å². The van der Waals surface area contributed by atoms with Gasteiger partial charge in [0.2, 0.25) is 0 Å². The minimum absolute atomic E-state index is 0.145. The Labute approximate surface area is 157 Å². The Morgan fingerprint density at radius 2 is 2.08 bits per heavy atom. The van der Waals surface area contributed by atoms with Crippen molar-refractivity contribution in [3.63, 3.8) is 0 Å². The zero-order valence-corrected chi connectivity index (χ0v) is 15.3. The molecule has 0 fully saturated rings. The van der Waals surface area contributed by atoms with Crippen LogP contribution in [0, 0.1) is 31.9 Å². The second-order valence-electron chi connectivity index (χ2n) is 5.03. The van der Waals surface area contributed by atoms with Gasteiger partial charge in [-0.1, -0.05) is 6.07 Å². The molecule has 8 heteroatoms. The lowest BCUT2D eigenvalue weighted by atomic mass is 10.2. The van der Waals surface area contributed by atoms with E-state index in [-0.39, 0.29) is 16.9 Å². The van der Waals surface area contributed by atoms with Crippen LogP contribution in [-0.2, 0) is 4.79 Å². The van der Waals surface area contributed by atoms with Crippen LogP contribution in [0.4, 0.5) is 17.1 Å². The number of nitrogens with zero attached hydrogens (tertiary/aromatic N) is 2. The Kier molecular flexibility index (Phi) is 6.08. The molecule has 0 saturated carbocycles. The molecule has 0 atom stereocenters. The predicted molar refractivity (Wildman–Crippen MR) is 103 cm³/mol. The molecule has 0 aliphatic rings. The summed E-state index contributed by atoms with van der Waals surface area (Å²) in [4.78, 5) is 22.4. The van der Waals surface area contributed by atoms with Gasteiger partial charge in [-0.05, 0) is 59.3 Å². The zero-order valence-electron chi connectivity index (χ0n) is 13.1. The van der Waals surface area contributed by atoms with Gasteiger partial charge in [-0.2, -0.15) is 5.26 Å². The molecule has 25 heavy (non-hydrogen) atoms. The van der Waals surface area contributed by atoms with Crippen molar-refractivity contribution in [1.29, 1.82) is 5.26 Å². The van der Waals surface area contributed by atoms with Crippen LogP contribution >= 0.6 is 22.6 Å². The first-order valence-electron chi connectivity index (χ1n) is 7.09. The van der Waals surface area contributed by atoms with E-state index in [1.54, 1.807) is 0 Å². The van der Waals surface area contributed by atoms with Gasteiger partial charge >= 0.3 is 0 Å². The van der Waals surface area contributed by atoms with E-state index in [0.717, 1.165) is 14.8 Å². The second kappa shape index (κ2) is 8.25. The highest BCUT2D eigenvalue weighted by Crippen LogP contribution is 2.19. The van der Waals surface area contributed by atoms with Crippen molar-refractivity contribution in [3.8, 4) is 6.07 Å². The summed E-state index contributed by atoms with van der Waals surface area (Å²) < 4.78 is 1.08. The number of benzene rings is 2. The number of non-ortho nitro benzene ring substituents is 1. The maximum atomic E-state index is 12.2. The average molecular weight is 448 g/mol. The number of hydrogen-bond acceptors (Lipinski definition) is 5. The molecule has 2 N–H and O–H groups in total. The smallest absolute Gasteiger partial charge is 0.271 e. The summed E-state index contributed by atoms with van der Waals surface area (Å²) in [7, 11) is 0. The standard InChI is InChI=1S/C17H13IN4O3/c1-11-7-13(18)5-6-16(11)20-10-12(9-19)17(23)21-14-3-2-4-15(8-14)22(24)25/h2-8,10,20H,1H3,(H,21,23)/b12-10-. The number of halogens is 1. The van der Waals surface area contributed by atoms with E-state index in [4.69, 9.17) is 0 Å². The number of amides is 1. The molecule has 0 bridgehead atoms. The molecular formula is C17H13IN4O3. The number of rotatable bonds is 5. The molecule has 0 radical (unpaired) electrons. The van der Waals surface area contributed by atoms with Crippen molar-refractivity contribution >= 4 is 45.6 Å². The van der Waals surface area contributed by atoms with E-state index in [1.807, 2.05) is 31.2 Å². The molecule has 126 valence electrons. The first kappa shape index (κ1) is 18.4. The van der Waals surface area contributed by atoms with Gasteiger partial charge < -0.3 is 10.6 Å². The molecule has 0 unspecified atom stereocenters. The van der Waals surface area contributed by atoms with Gasteiger partial charge in [0.15, 0.2) is 0 Å². The first-order chi connectivity index (χ1) is 11.9. The van der Waals surface area contributed by atoms with Crippen LogP contribution in [0.25, 0.3) is 0 Å². The lowest BCUT2D eigenvalue weighted by molar-refractivity contribution is -0.384. The topological polar surface area (TPSA) is 108 Å². The molecule has 2 aromatic rings. The van der Waals surface area contributed by atoms with Crippen molar-refractivity contribution in [2.75, 3.05) is 10.6 Å². The summed E-state index contributed by atoms with van der Waals surface area (Å²) in [6.07, 6.45) is 1.31. The van der Waals surface area contributed by atoms with Crippen molar-refractivity contribution in [2.24, 2.45) is 0 Å². The number of nitro groups is 1. The molecule has 0 saturated heterocycles. The highest BCUT2D eigenvalue weighted by molar-refractivity contribution is 14.1. The minimum Gasteiger partial charge on any atom is -0.360 e. The Bertz CT molecular complexity index is 903. The van der Waals surface area contributed by atoms with E-state index in [0.29, 0.717) is 0 Å². The Hall–Kier alpha value is -2.93. The van der Waals surface area contributed by atoms with Gasteiger partial charge in [-0.3, -0.25) is 14.9 Å². The van der Waals surface area contributed by atoms with Gasteiger partial charge in [0.05, 0.1) is 4.92 Å². The molecule has 1 amide bonds. The van der Waals surface area contributed by atoms with Crippen molar-refractivity contribution in [3.05, 3.63) is 73.5 Å². The van der Waals surface area contributed by atoms with Crippen LogP contribution in [0.3, 0.4) is 0 Å². The van der Waals surface area contributed by atoms with Gasteiger partial charge in [-0.25, -0.2) is 0 Å². The number of anilines is 2. The molecule has 0 aromatic heterocycles. The summed E-state index contributed by atoms with van der Waals surface area (Å²) in [6, 6.07) is 13.0. The third-order valence-electron chi connectivity index (χ3n) is 3.24. The van der Waals surface area contributed by atoms with Crippen LogP contribution in [-0.4, -0.2) is 10.8 Å². The SMILES string of the molecule is Cc1cc(I)ccc1N/C=C(/C#N)C(=O)Nc1cccc([N+](=O)[O-])c1. The van der Waals surface area contributed by atoms with Crippen LogP contribution in [0.1, 0.15) is 5.56 Å². The fourth-order valence-corrected chi connectivity index (χ4v) is 2.63. The monoisotopic (exact) mass is 448 g/mol. The fourth-order valence-electron chi connectivity index (χ4n) is 1.98. The van der Waals surface area contributed by atoms with Crippen molar-refractivity contribution < 1.29 is 9.72 Å². The summed E-state index contributed by atoms with van der Waals surface area (Å²) in [5.41, 5.74) is 1.69. The largest absolute Gasteiger partial charge is 0.360 e. The first-order valence-corrected chi connectivity index (χ1v) is 8.17. The van der Waals surface area contributed by atoms with Gasteiger partial charge in [0.1, 0.15) is 11.6 Å². The molecule has 7 nitrogen and oxygen atoms in total. The molecule has 0 heterocycles. The summed E-state index contributed by atoms with van der Waals surface area (Å²) in [6.45, 7) is 1.91. The van der Waals surface area contributed by atoms with Crippen LogP contribution in [0.15, 0.2) is 54.2 Å². The second-order valence-corrected chi connectivity index (χ2v) is 6.28. The van der Waals surface area contributed by atoms with E-state index in [2.05, 4.69) is 33.2 Å². The quantitative estimate of drug-likeness (QED) is 0.237. The third kappa shape index (κ3) is 5.02. The van der Waals surface area contributed by atoms with Gasteiger partial charge in [0.25, 0.3) is 11.6 Å². The normalized spacial score (nSPS) is 10.7. The lowest BCUT2D eigenvalue weighted by Crippen LogP contribution is -2.14. The predicted octanol–water partition coefficient (Wildman–Crippen LogP) is 3.97. The van der Waals surface area contributed by atoms with Crippen molar-refractivity contribution in [1.82, 2.24) is 0 Å². The number of carbonyl (C=O) groups is 1. The maximum absolute atomic E-state index is 12.2. The van der Waals surface area contributed by atoms with Gasteiger partial charge in [-0.15, -0.1) is 0 Å². The third-order valence-corrected chi connectivity index (χ3v) is 3.91. The number of carbonyl (C=O) groups excluding carboxylic acids is 1. The van der Waals surface area contributed by atoms with E-state index in [9.17, 15) is 20.2 Å². The Balaban J connectivity index is 2.14. The van der Waals surface area contributed by atoms with Crippen LogP contribution in [0.5, 0.6) is 0 Å². The molecule has 0 aliphatic carbocycles. The molecule has 2 rings (SSSR count). The summed E-state index contributed by atoms with van der Waals surface area (Å²) >= 11 is 2.19. The molecule has 2 aromatic carbocycles. The minimum atomic E-state index is -0.654. The highest BCUT2D eigenvalue weighted by Gasteiger charge is 2.12. The van der Waals surface area contributed by atoms with E-state index in [1.165, 1.54) is 30.5 Å².